The van der Waals surface area contributed by atoms with Crippen molar-refractivity contribution in [3.8, 4) is 39.7 Å². The van der Waals surface area contributed by atoms with Crippen LogP contribution in [-0.2, 0) is 0 Å². The van der Waals surface area contributed by atoms with Crippen LogP contribution in [-0.4, -0.2) is 35.2 Å². The first-order valence-electron chi connectivity index (χ1n) is 10.1. The number of aromatic amines is 2. The number of benzene rings is 2. The number of aromatic nitrogens is 6. The Morgan fingerprint density at radius 2 is 1.85 bits per heavy atom. The molecule has 0 saturated heterocycles. The third-order valence-electron chi connectivity index (χ3n) is 5.43. The van der Waals surface area contributed by atoms with Crippen molar-refractivity contribution in [1.82, 2.24) is 30.1 Å². The standard InChI is InChI=1S/C24H16FN7O/c25-14-4-12(6-16(33)7-14)17-2-1-3-19-22(17)30-24(29-19)23-18-8-20(28-11-21(18)31-32-23)13-5-15(26)10-27-9-13/h1-11,33H,26H2,(H,29,30)(H,31,32). The van der Waals surface area contributed by atoms with Gasteiger partial charge >= 0.3 is 0 Å². The van der Waals surface area contributed by atoms with E-state index >= 15 is 0 Å². The Morgan fingerprint density at radius 1 is 0.939 bits per heavy atom. The Labute approximate surface area is 186 Å². The monoisotopic (exact) mass is 437 g/mol. The second kappa shape index (κ2) is 7.13. The molecule has 8 nitrogen and oxygen atoms in total. The lowest BCUT2D eigenvalue weighted by Gasteiger charge is -2.04. The Hall–Kier alpha value is -4.79. The Bertz CT molecular complexity index is 1650. The molecule has 160 valence electrons. The molecule has 0 saturated carbocycles. The molecule has 0 radical (unpaired) electrons. The summed E-state index contributed by atoms with van der Waals surface area (Å²) in [5, 5.41) is 18.1. The SMILES string of the molecule is Nc1cncc(-c2cc3c(-c4nc5c(-c6cc(O)cc(F)c6)cccc5[nH]4)n[nH]c3cn2)c1. The number of phenols is 1. The van der Waals surface area contributed by atoms with Gasteiger partial charge in [-0.05, 0) is 35.9 Å². The number of nitrogens with two attached hydrogens (primary N) is 1. The molecule has 6 rings (SSSR count). The molecule has 0 fully saturated rings. The lowest BCUT2D eigenvalue weighted by atomic mass is 10.0. The summed E-state index contributed by atoms with van der Waals surface area (Å²) in [5.41, 5.74) is 11.9. The minimum absolute atomic E-state index is 0.146. The van der Waals surface area contributed by atoms with Crippen LogP contribution in [0.25, 0.3) is 55.8 Å². The molecule has 0 aliphatic heterocycles. The second-order valence-corrected chi connectivity index (χ2v) is 7.68. The molecule has 5 N–H and O–H groups in total. The number of halogens is 1. The molecule has 0 unspecified atom stereocenters. The summed E-state index contributed by atoms with van der Waals surface area (Å²) < 4.78 is 13.9. The third kappa shape index (κ3) is 3.23. The van der Waals surface area contributed by atoms with Crippen LogP contribution in [0.1, 0.15) is 0 Å². The first-order chi connectivity index (χ1) is 16.0. The summed E-state index contributed by atoms with van der Waals surface area (Å²) in [6.07, 6.45) is 4.98. The number of rotatable bonds is 3. The number of para-hydroxylation sites is 1. The number of anilines is 1. The van der Waals surface area contributed by atoms with Gasteiger partial charge in [0.2, 0.25) is 0 Å². The molecule has 0 spiro atoms. The first-order valence-corrected chi connectivity index (χ1v) is 10.1. The zero-order valence-electron chi connectivity index (χ0n) is 17.0. The fourth-order valence-electron chi connectivity index (χ4n) is 3.96. The highest BCUT2D eigenvalue weighted by molar-refractivity contribution is 5.97. The molecule has 4 heterocycles. The Morgan fingerprint density at radius 3 is 2.70 bits per heavy atom. The van der Waals surface area contributed by atoms with Crippen molar-refractivity contribution in [3.05, 3.63) is 72.9 Å². The van der Waals surface area contributed by atoms with Crippen LogP contribution >= 0.6 is 0 Å². The summed E-state index contributed by atoms with van der Waals surface area (Å²) in [6, 6.07) is 13.2. The van der Waals surface area contributed by atoms with E-state index < -0.39 is 5.82 Å². The van der Waals surface area contributed by atoms with Crippen molar-refractivity contribution >= 4 is 27.6 Å². The predicted octanol–water partition coefficient (Wildman–Crippen LogP) is 4.66. The smallest absolute Gasteiger partial charge is 0.159 e. The van der Waals surface area contributed by atoms with Crippen LogP contribution in [0.2, 0.25) is 0 Å². The van der Waals surface area contributed by atoms with Crippen LogP contribution in [0, 0.1) is 5.82 Å². The number of H-pyrrole nitrogens is 2. The highest BCUT2D eigenvalue weighted by atomic mass is 19.1. The number of imidazole rings is 1. The van der Waals surface area contributed by atoms with E-state index in [9.17, 15) is 9.50 Å². The molecule has 4 aromatic heterocycles. The molecule has 0 aliphatic rings. The van der Waals surface area contributed by atoms with Gasteiger partial charge in [0, 0.05) is 35.0 Å². The van der Waals surface area contributed by atoms with Crippen LogP contribution < -0.4 is 5.73 Å². The van der Waals surface area contributed by atoms with Gasteiger partial charge in [0.15, 0.2) is 5.82 Å². The van der Waals surface area contributed by atoms with Crippen molar-refractivity contribution in [2.45, 2.75) is 0 Å². The third-order valence-corrected chi connectivity index (χ3v) is 5.43. The lowest BCUT2D eigenvalue weighted by molar-refractivity contribution is 0.469. The normalized spacial score (nSPS) is 11.4. The zero-order chi connectivity index (χ0) is 22.5. The average molecular weight is 437 g/mol. The van der Waals surface area contributed by atoms with E-state index in [-0.39, 0.29) is 5.75 Å². The number of nitrogen functional groups attached to an aromatic ring is 1. The second-order valence-electron chi connectivity index (χ2n) is 7.68. The van der Waals surface area contributed by atoms with E-state index in [1.165, 1.54) is 12.1 Å². The summed E-state index contributed by atoms with van der Waals surface area (Å²) in [5.74, 6) is -0.119. The number of hydrogen-bond donors (Lipinski definition) is 4. The van der Waals surface area contributed by atoms with Gasteiger partial charge in [-0.15, -0.1) is 0 Å². The van der Waals surface area contributed by atoms with Gasteiger partial charge in [-0.25, -0.2) is 9.37 Å². The number of fused-ring (bicyclic) bond motifs is 2. The Balaban J connectivity index is 1.51. The fraction of sp³-hybridized carbons (Fsp3) is 0. The molecule has 2 aromatic carbocycles. The largest absolute Gasteiger partial charge is 0.508 e. The van der Waals surface area contributed by atoms with Crippen molar-refractivity contribution in [3.63, 3.8) is 0 Å². The van der Waals surface area contributed by atoms with Crippen molar-refractivity contribution in [2.75, 3.05) is 5.73 Å². The van der Waals surface area contributed by atoms with E-state index in [1.54, 1.807) is 18.6 Å². The maximum atomic E-state index is 13.9. The number of aromatic hydroxyl groups is 1. The van der Waals surface area contributed by atoms with Gasteiger partial charge in [-0.1, -0.05) is 12.1 Å². The van der Waals surface area contributed by atoms with E-state index in [2.05, 4.69) is 25.1 Å². The van der Waals surface area contributed by atoms with Crippen LogP contribution in [0.15, 0.2) is 67.1 Å². The summed E-state index contributed by atoms with van der Waals surface area (Å²) in [6.45, 7) is 0. The highest BCUT2D eigenvalue weighted by Crippen LogP contribution is 2.33. The summed E-state index contributed by atoms with van der Waals surface area (Å²) in [7, 11) is 0. The van der Waals surface area contributed by atoms with Gasteiger partial charge in [0.25, 0.3) is 0 Å². The molecule has 0 aliphatic carbocycles. The Kier molecular flexibility index (Phi) is 4.09. The van der Waals surface area contributed by atoms with Gasteiger partial charge in [-0.2, -0.15) is 5.10 Å². The van der Waals surface area contributed by atoms with Crippen molar-refractivity contribution in [1.29, 1.82) is 0 Å². The van der Waals surface area contributed by atoms with E-state index in [0.29, 0.717) is 39.5 Å². The van der Waals surface area contributed by atoms with Crippen molar-refractivity contribution in [2.24, 2.45) is 0 Å². The number of pyridine rings is 2. The molecule has 0 atom stereocenters. The average Bonchev–Trinajstić information content (AvgIpc) is 3.41. The molecular formula is C24H16FN7O. The summed E-state index contributed by atoms with van der Waals surface area (Å²) >= 11 is 0. The predicted molar refractivity (Wildman–Crippen MR) is 124 cm³/mol. The van der Waals surface area contributed by atoms with Crippen LogP contribution in [0.4, 0.5) is 10.1 Å². The van der Waals surface area contributed by atoms with Crippen LogP contribution in [0.5, 0.6) is 5.75 Å². The highest BCUT2D eigenvalue weighted by Gasteiger charge is 2.17. The number of hydrogen-bond acceptors (Lipinski definition) is 6. The maximum Gasteiger partial charge on any atom is 0.159 e. The molecule has 33 heavy (non-hydrogen) atoms. The van der Waals surface area contributed by atoms with Gasteiger partial charge < -0.3 is 15.8 Å². The van der Waals surface area contributed by atoms with Gasteiger partial charge in [0.05, 0.1) is 34.1 Å². The maximum absolute atomic E-state index is 13.9. The van der Waals surface area contributed by atoms with E-state index in [0.717, 1.165) is 28.0 Å². The lowest BCUT2D eigenvalue weighted by Crippen LogP contribution is -1.90. The first kappa shape index (κ1) is 18.9. The van der Waals surface area contributed by atoms with E-state index in [4.69, 9.17) is 10.7 Å². The molecule has 0 amide bonds. The van der Waals surface area contributed by atoms with Crippen molar-refractivity contribution < 1.29 is 9.50 Å². The zero-order valence-corrected chi connectivity index (χ0v) is 17.0. The summed E-state index contributed by atoms with van der Waals surface area (Å²) in [4.78, 5) is 16.7. The van der Waals surface area contributed by atoms with E-state index in [1.807, 2.05) is 30.3 Å². The topological polar surface area (TPSA) is 129 Å². The number of nitrogens with one attached hydrogen (secondary N) is 2. The van der Waals surface area contributed by atoms with Gasteiger partial charge in [0.1, 0.15) is 17.3 Å². The number of phenolic OH excluding ortho intramolecular Hbond substituents is 1. The van der Waals surface area contributed by atoms with Gasteiger partial charge in [-0.3, -0.25) is 15.1 Å². The molecular weight excluding hydrogens is 421 g/mol. The molecule has 0 bridgehead atoms. The molecule has 6 aromatic rings. The number of nitrogens with zero attached hydrogens (tertiary/aromatic N) is 4. The minimum atomic E-state index is -0.521. The fourth-order valence-corrected chi connectivity index (χ4v) is 3.96. The molecule has 9 heteroatoms. The van der Waals surface area contributed by atoms with Crippen LogP contribution in [0.3, 0.4) is 0 Å². The quantitative estimate of drug-likeness (QED) is 0.319. The minimum Gasteiger partial charge on any atom is -0.508 e.